The fourth-order valence-corrected chi connectivity index (χ4v) is 2.56. The van der Waals surface area contributed by atoms with Crippen LogP contribution in [0.2, 0.25) is 0 Å². The summed E-state index contributed by atoms with van der Waals surface area (Å²) in [6.07, 6.45) is 5.66. The smallest absolute Gasteiger partial charge is 0.287 e. The maximum Gasteiger partial charge on any atom is 0.287 e. The lowest BCUT2D eigenvalue weighted by Gasteiger charge is -2.16. The topological polar surface area (TPSA) is 146 Å². The molecule has 3 N–H and O–H groups in total. The first kappa shape index (κ1) is 18.0. The lowest BCUT2D eigenvalue weighted by atomic mass is 10.0. The van der Waals surface area contributed by atoms with Crippen LogP contribution in [0.4, 0.5) is 0 Å². The van der Waals surface area contributed by atoms with Crippen LogP contribution in [-0.4, -0.2) is 43.3 Å². The Balaban J connectivity index is 1.88. The summed E-state index contributed by atoms with van der Waals surface area (Å²) < 4.78 is 6.26. The second-order valence-electron chi connectivity index (χ2n) is 5.71. The highest BCUT2D eigenvalue weighted by Gasteiger charge is 2.28. The monoisotopic (exact) mass is 368 g/mol. The molecule has 3 aromatic heterocycles. The van der Waals surface area contributed by atoms with E-state index in [1.54, 1.807) is 35.9 Å². The van der Waals surface area contributed by atoms with Crippen LogP contribution in [0.15, 0.2) is 47.6 Å². The molecular weight excluding hydrogens is 352 g/mol. The number of hydrogen-bond donors (Lipinski definition) is 2. The Morgan fingerprint density at radius 3 is 2.70 bits per heavy atom. The van der Waals surface area contributed by atoms with Gasteiger partial charge in [0.05, 0.1) is 12.4 Å². The Morgan fingerprint density at radius 1 is 1.26 bits per heavy atom. The van der Waals surface area contributed by atoms with E-state index in [1.165, 1.54) is 18.7 Å². The van der Waals surface area contributed by atoms with Crippen molar-refractivity contribution in [2.24, 2.45) is 5.73 Å². The van der Waals surface area contributed by atoms with Crippen molar-refractivity contribution in [2.75, 3.05) is 0 Å². The van der Waals surface area contributed by atoms with Crippen LogP contribution in [-0.2, 0) is 16.0 Å². The number of primary amides is 1. The molecule has 0 saturated carbocycles. The molecule has 138 valence electrons. The second-order valence-corrected chi connectivity index (χ2v) is 5.71. The van der Waals surface area contributed by atoms with Gasteiger partial charge in [-0.2, -0.15) is 0 Å². The number of nitrogens with zero attached hydrogens (tertiary/aromatic N) is 4. The van der Waals surface area contributed by atoms with Crippen molar-refractivity contribution in [2.45, 2.75) is 19.4 Å². The number of amides is 2. The van der Waals surface area contributed by atoms with Crippen molar-refractivity contribution in [3.63, 3.8) is 0 Å². The van der Waals surface area contributed by atoms with E-state index in [9.17, 15) is 14.4 Å². The molecule has 0 aliphatic rings. The number of carbonyl (C=O) groups is 3. The number of imidazole rings is 1. The largest absolute Gasteiger partial charge is 0.364 e. The number of rotatable bonds is 7. The van der Waals surface area contributed by atoms with Crippen LogP contribution in [0, 0.1) is 6.92 Å². The number of hydrogen-bond acceptors (Lipinski definition) is 7. The Kier molecular flexibility index (Phi) is 5.06. The zero-order valence-corrected chi connectivity index (χ0v) is 14.3. The number of Topliss-reactive ketones (excluding diaryl/α,β-unsaturated/α-hetero) is 1. The highest BCUT2D eigenvalue weighted by molar-refractivity contribution is 6.38. The minimum atomic E-state index is -1.17. The van der Waals surface area contributed by atoms with E-state index in [0.717, 1.165) is 0 Å². The minimum absolute atomic E-state index is 0.00766. The molecule has 2 amide bonds. The van der Waals surface area contributed by atoms with Crippen LogP contribution in [0.3, 0.4) is 0 Å². The molecule has 0 bridgehead atoms. The normalized spacial score (nSPS) is 11.7. The summed E-state index contributed by atoms with van der Waals surface area (Å²) in [5.74, 6) is -1.64. The van der Waals surface area contributed by atoms with E-state index in [2.05, 4.69) is 20.4 Å². The van der Waals surface area contributed by atoms with Crippen molar-refractivity contribution in [3.05, 3.63) is 60.1 Å². The van der Waals surface area contributed by atoms with Crippen molar-refractivity contribution >= 4 is 17.6 Å². The van der Waals surface area contributed by atoms with Gasteiger partial charge >= 0.3 is 0 Å². The first-order chi connectivity index (χ1) is 13.0. The van der Waals surface area contributed by atoms with Gasteiger partial charge in [-0.3, -0.25) is 19.0 Å². The minimum Gasteiger partial charge on any atom is -0.364 e. The third-order valence-corrected chi connectivity index (χ3v) is 3.84. The summed E-state index contributed by atoms with van der Waals surface area (Å²) in [5.41, 5.74) is 5.80. The van der Waals surface area contributed by atoms with Crippen molar-refractivity contribution in [1.82, 2.24) is 25.0 Å². The molecule has 27 heavy (non-hydrogen) atoms. The van der Waals surface area contributed by atoms with Crippen LogP contribution in [0.1, 0.15) is 21.9 Å². The Hall–Kier alpha value is -3.82. The molecule has 0 aliphatic carbocycles. The van der Waals surface area contributed by atoms with Gasteiger partial charge in [-0.15, -0.1) is 0 Å². The lowest BCUT2D eigenvalue weighted by Crippen LogP contribution is -2.47. The predicted molar refractivity (Wildman–Crippen MR) is 91.8 cm³/mol. The number of pyridine rings is 1. The second kappa shape index (κ2) is 7.60. The highest BCUT2D eigenvalue weighted by Crippen LogP contribution is 2.13. The van der Waals surface area contributed by atoms with Gasteiger partial charge in [0.15, 0.2) is 0 Å². The van der Waals surface area contributed by atoms with Crippen LogP contribution < -0.4 is 11.1 Å². The van der Waals surface area contributed by atoms with Crippen molar-refractivity contribution in [3.8, 4) is 5.82 Å². The summed E-state index contributed by atoms with van der Waals surface area (Å²) in [6, 6.07) is 4.07. The molecule has 10 nitrogen and oxygen atoms in total. The molecule has 3 rings (SSSR count). The van der Waals surface area contributed by atoms with Gasteiger partial charge < -0.3 is 15.6 Å². The van der Waals surface area contributed by atoms with Gasteiger partial charge in [0.25, 0.3) is 11.8 Å². The number of aryl methyl sites for hydroxylation is 1. The molecule has 0 saturated heterocycles. The first-order valence-electron chi connectivity index (χ1n) is 7.96. The first-order valence-corrected chi connectivity index (χ1v) is 7.96. The maximum atomic E-state index is 12.8. The zero-order chi connectivity index (χ0) is 19.4. The summed E-state index contributed by atoms with van der Waals surface area (Å²) in [7, 11) is 0. The average molecular weight is 368 g/mol. The van der Waals surface area contributed by atoms with Crippen molar-refractivity contribution in [1.29, 1.82) is 0 Å². The molecule has 3 aromatic rings. The van der Waals surface area contributed by atoms with Gasteiger partial charge in [-0.1, -0.05) is 11.2 Å². The van der Waals surface area contributed by atoms with E-state index >= 15 is 0 Å². The van der Waals surface area contributed by atoms with E-state index < -0.39 is 23.6 Å². The molecule has 0 aliphatic heterocycles. The van der Waals surface area contributed by atoms with E-state index in [4.69, 9.17) is 10.3 Å². The molecule has 0 radical (unpaired) electrons. The SMILES string of the molecule is Cc1ncc(C(=O)NC(Cc2cnoc2)C(=O)C(N)=O)n1-c1ccccn1. The van der Waals surface area contributed by atoms with Crippen LogP contribution in [0.5, 0.6) is 0 Å². The zero-order valence-electron chi connectivity index (χ0n) is 14.3. The van der Waals surface area contributed by atoms with Crippen LogP contribution >= 0.6 is 0 Å². The number of nitrogens with two attached hydrogens (primary N) is 1. The highest BCUT2D eigenvalue weighted by atomic mass is 16.5. The molecule has 10 heteroatoms. The lowest BCUT2D eigenvalue weighted by molar-refractivity contribution is -0.137. The van der Waals surface area contributed by atoms with Gasteiger partial charge in [-0.25, -0.2) is 9.97 Å². The van der Waals surface area contributed by atoms with Crippen molar-refractivity contribution < 1.29 is 18.9 Å². The van der Waals surface area contributed by atoms with Gasteiger partial charge in [-0.05, 0) is 19.1 Å². The van der Waals surface area contributed by atoms with E-state index in [1.807, 2.05) is 0 Å². The Morgan fingerprint density at radius 2 is 2.07 bits per heavy atom. The van der Waals surface area contributed by atoms with E-state index in [0.29, 0.717) is 17.2 Å². The predicted octanol–water partition coefficient (Wildman–Crippen LogP) is -0.0408. The summed E-state index contributed by atoms with van der Waals surface area (Å²) >= 11 is 0. The summed E-state index contributed by atoms with van der Waals surface area (Å²) in [6.45, 7) is 1.72. The molecule has 1 atom stereocenters. The third kappa shape index (κ3) is 3.89. The molecule has 3 heterocycles. The number of ketones is 1. The summed E-state index contributed by atoms with van der Waals surface area (Å²) in [4.78, 5) is 44.6. The summed E-state index contributed by atoms with van der Waals surface area (Å²) in [5, 5.41) is 6.07. The Labute approximate surface area is 153 Å². The van der Waals surface area contributed by atoms with Gasteiger partial charge in [0.1, 0.15) is 29.6 Å². The molecule has 0 fully saturated rings. The van der Waals surface area contributed by atoms with Crippen LogP contribution in [0.25, 0.3) is 5.82 Å². The fourth-order valence-electron chi connectivity index (χ4n) is 2.56. The van der Waals surface area contributed by atoms with Gasteiger partial charge in [0.2, 0.25) is 5.78 Å². The standard InChI is InChI=1S/C17H16N6O4/c1-10-20-8-13(23(10)14-4-2-3-5-19-14)17(26)22-12(15(24)16(18)25)6-11-7-21-27-9-11/h2-5,7-9,12H,6H2,1H3,(H2,18,25)(H,22,26). The molecular formula is C17H16N6O4. The van der Waals surface area contributed by atoms with E-state index in [-0.39, 0.29) is 12.1 Å². The number of nitrogens with one attached hydrogen (secondary N) is 1. The fraction of sp³-hybridized carbons (Fsp3) is 0.176. The van der Waals surface area contributed by atoms with Gasteiger partial charge in [0, 0.05) is 18.2 Å². The quantitative estimate of drug-likeness (QED) is 0.556. The molecule has 0 aromatic carbocycles. The molecule has 1 unspecified atom stereocenters. The maximum absolute atomic E-state index is 12.8. The average Bonchev–Trinajstić information content (AvgIpc) is 3.30. The number of carbonyl (C=O) groups excluding carboxylic acids is 3. The Bertz CT molecular complexity index is 965. The molecule has 0 spiro atoms. The third-order valence-electron chi connectivity index (χ3n) is 3.84. The number of aromatic nitrogens is 4.